The Morgan fingerprint density at radius 1 is 0.929 bits per heavy atom. The van der Waals surface area contributed by atoms with Crippen LogP contribution in [0.3, 0.4) is 0 Å². The molecule has 4 heteroatoms. The summed E-state index contributed by atoms with van der Waals surface area (Å²) in [5.41, 5.74) is 5.84. The van der Waals surface area contributed by atoms with Gasteiger partial charge >= 0.3 is 0 Å². The Labute approximate surface area is 169 Å². The van der Waals surface area contributed by atoms with E-state index in [1.807, 2.05) is 12.1 Å². The highest BCUT2D eigenvalue weighted by Gasteiger charge is 2.42. The van der Waals surface area contributed by atoms with Crippen LogP contribution in [0, 0.1) is 5.92 Å². The van der Waals surface area contributed by atoms with Gasteiger partial charge in [0.15, 0.2) is 0 Å². The van der Waals surface area contributed by atoms with Crippen molar-refractivity contribution >= 4 is 17.7 Å². The number of thioether (sulfide) groups is 1. The van der Waals surface area contributed by atoms with E-state index >= 15 is 0 Å². The number of carbonyl (C=O) groups excluding carboxylic acids is 1. The molecule has 3 aliphatic carbocycles. The normalized spacial score (nSPS) is 21.6. The lowest BCUT2D eigenvalue weighted by Crippen LogP contribution is -2.39. The number of hydrogen-bond donors (Lipinski definition) is 1. The molecule has 1 amide bonds. The van der Waals surface area contributed by atoms with Gasteiger partial charge in [-0.15, -0.1) is 11.8 Å². The van der Waals surface area contributed by atoms with Crippen molar-refractivity contribution < 1.29 is 4.79 Å². The van der Waals surface area contributed by atoms with Gasteiger partial charge in [0.2, 0.25) is 5.91 Å². The highest BCUT2D eigenvalue weighted by molar-refractivity contribution is 8.00. The zero-order chi connectivity index (χ0) is 18.9. The van der Waals surface area contributed by atoms with Crippen LogP contribution in [0.15, 0.2) is 78.0 Å². The third kappa shape index (κ3) is 3.12. The van der Waals surface area contributed by atoms with Crippen LogP contribution in [-0.2, 0) is 4.79 Å². The summed E-state index contributed by atoms with van der Waals surface area (Å²) in [6.07, 6.45) is 4.62. The van der Waals surface area contributed by atoms with E-state index in [0.29, 0.717) is 23.5 Å². The molecule has 140 valence electrons. The first-order valence-electron chi connectivity index (χ1n) is 9.78. The summed E-state index contributed by atoms with van der Waals surface area (Å²) in [4.78, 5) is 17.5. The topological polar surface area (TPSA) is 42.0 Å². The summed E-state index contributed by atoms with van der Waals surface area (Å²) in [7, 11) is 0. The lowest BCUT2D eigenvalue weighted by Gasteiger charge is -2.45. The van der Waals surface area contributed by atoms with Crippen molar-refractivity contribution in [2.45, 2.75) is 23.2 Å². The van der Waals surface area contributed by atoms with E-state index < -0.39 is 0 Å². The second-order valence-corrected chi connectivity index (χ2v) is 8.61. The van der Waals surface area contributed by atoms with Crippen LogP contribution in [0.5, 0.6) is 0 Å². The van der Waals surface area contributed by atoms with Crippen molar-refractivity contribution in [2.75, 3.05) is 12.3 Å². The number of amides is 1. The summed E-state index contributed by atoms with van der Waals surface area (Å²) in [5, 5.41) is 3.19. The molecule has 0 saturated carbocycles. The standard InChI is InChI=1S/C24H22N2OS/c27-23(15-28-17-9-11-25-12-10-17)26-14-16-13-22-18-5-1-3-7-20(18)24(16)21-8-4-2-6-19(21)22/h1-12,16,22,24H,13-15H2,(H,26,27)/t16-,22?,24?/m1/s1. The van der Waals surface area contributed by atoms with E-state index in [9.17, 15) is 4.79 Å². The fourth-order valence-electron chi connectivity index (χ4n) is 4.84. The number of fused-ring (bicyclic) bond motifs is 1. The molecule has 0 spiro atoms. The average Bonchev–Trinajstić information content (AvgIpc) is 2.77. The van der Waals surface area contributed by atoms with Crippen LogP contribution in [0.25, 0.3) is 0 Å². The molecule has 2 bridgehead atoms. The minimum Gasteiger partial charge on any atom is -0.355 e. The van der Waals surface area contributed by atoms with Gasteiger partial charge in [-0.2, -0.15) is 0 Å². The van der Waals surface area contributed by atoms with Gasteiger partial charge in [0.05, 0.1) is 5.75 Å². The van der Waals surface area contributed by atoms with Crippen LogP contribution >= 0.6 is 11.8 Å². The quantitative estimate of drug-likeness (QED) is 0.652. The van der Waals surface area contributed by atoms with Crippen LogP contribution < -0.4 is 5.32 Å². The Hall–Kier alpha value is -2.59. The minimum atomic E-state index is 0.102. The van der Waals surface area contributed by atoms with E-state index in [4.69, 9.17) is 0 Å². The molecule has 6 rings (SSSR count). The first kappa shape index (κ1) is 17.5. The molecule has 1 atom stereocenters. The average molecular weight is 387 g/mol. The summed E-state index contributed by atoms with van der Waals surface area (Å²) in [5.74, 6) is 1.82. The fourth-order valence-corrected chi connectivity index (χ4v) is 5.55. The molecule has 0 fully saturated rings. The van der Waals surface area contributed by atoms with Gasteiger partial charge in [-0.05, 0) is 46.7 Å². The Kier molecular flexibility index (Phi) is 4.65. The highest BCUT2D eigenvalue weighted by Crippen LogP contribution is 2.55. The lowest BCUT2D eigenvalue weighted by molar-refractivity contribution is -0.118. The zero-order valence-corrected chi connectivity index (χ0v) is 16.4. The molecule has 0 saturated heterocycles. The van der Waals surface area contributed by atoms with E-state index in [0.717, 1.165) is 17.9 Å². The molecule has 1 N–H and O–H groups in total. The maximum atomic E-state index is 12.4. The molecule has 28 heavy (non-hydrogen) atoms. The molecule has 0 aliphatic heterocycles. The zero-order valence-electron chi connectivity index (χ0n) is 15.5. The SMILES string of the molecule is O=C(CSc1ccncc1)NC[C@H]1CC2c3ccccc3C1c1ccccc12. The predicted molar refractivity (Wildman–Crippen MR) is 113 cm³/mol. The summed E-state index contributed by atoms with van der Waals surface area (Å²) < 4.78 is 0. The van der Waals surface area contributed by atoms with Crippen LogP contribution in [0.4, 0.5) is 0 Å². The highest BCUT2D eigenvalue weighted by atomic mass is 32.2. The minimum absolute atomic E-state index is 0.102. The molecule has 3 aromatic rings. The van der Waals surface area contributed by atoms with Gasteiger partial charge in [0.1, 0.15) is 0 Å². The maximum Gasteiger partial charge on any atom is 0.230 e. The number of rotatable bonds is 5. The van der Waals surface area contributed by atoms with Crippen LogP contribution in [0.1, 0.15) is 40.5 Å². The molecule has 2 aromatic carbocycles. The van der Waals surface area contributed by atoms with E-state index in [1.54, 1.807) is 24.2 Å². The predicted octanol–water partition coefficient (Wildman–Crippen LogP) is 4.59. The summed E-state index contributed by atoms with van der Waals surface area (Å²) in [6, 6.07) is 21.6. The Bertz CT molecular complexity index is 957. The van der Waals surface area contributed by atoms with Gasteiger partial charge in [-0.25, -0.2) is 0 Å². The fraction of sp³-hybridized carbons (Fsp3) is 0.250. The van der Waals surface area contributed by atoms with E-state index in [2.05, 4.69) is 58.8 Å². The van der Waals surface area contributed by atoms with Gasteiger partial charge in [0.25, 0.3) is 0 Å². The number of nitrogens with zero attached hydrogens (tertiary/aromatic N) is 1. The summed E-state index contributed by atoms with van der Waals surface area (Å²) in [6.45, 7) is 0.736. The van der Waals surface area contributed by atoms with Gasteiger partial charge in [0, 0.05) is 35.7 Å². The Morgan fingerprint density at radius 2 is 1.54 bits per heavy atom. The molecule has 0 unspecified atom stereocenters. The number of aromatic nitrogens is 1. The van der Waals surface area contributed by atoms with Crippen molar-refractivity contribution in [3.8, 4) is 0 Å². The van der Waals surface area contributed by atoms with Crippen LogP contribution in [-0.4, -0.2) is 23.2 Å². The molecule has 3 nitrogen and oxygen atoms in total. The summed E-state index contributed by atoms with van der Waals surface area (Å²) >= 11 is 1.56. The number of pyridine rings is 1. The maximum absolute atomic E-state index is 12.4. The Morgan fingerprint density at radius 3 is 2.18 bits per heavy atom. The second-order valence-electron chi connectivity index (χ2n) is 7.56. The lowest BCUT2D eigenvalue weighted by atomic mass is 9.59. The Balaban J connectivity index is 1.30. The molecular formula is C24H22N2OS. The van der Waals surface area contributed by atoms with Crippen molar-refractivity contribution in [3.05, 3.63) is 95.3 Å². The third-order valence-corrected chi connectivity index (χ3v) is 7.02. The van der Waals surface area contributed by atoms with Crippen molar-refractivity contribution in [1.82, 2.24) is 10.3 Å². The molecule has 1 aromatic heterocycles. The van der Waals surface area contributed by atoms with Crippen molar-refractivity contribution in [2.24, 2.45) is 5.92 Å². The largest absolute Gasteiger partial charge is 0.355 e. The number of hydrogen-bond acceptors (Lipinski definition) is 3. The van der Waals surface area contributed by atoms with Crippen molar-refractivity contribution in [3.63, 3.8) is 0 Å². The number of carbonyl (C=O) groups is 1. The van der Waals surface area contributed by atoms with Gasteiger partial charge < -0.3 is 5.32 Å². The molecule has 0 radical (unpaired) electrons. The van der Waals surface area contributed by atoms with Crippen molar-refractivity contribution in [1.29, 1.82) is 0 Å². The number of nitrogens with one attached hydrogen (secondary N) is 1. The molecule has 3 aliphatic rings. The smallest absolute Gasteiger partial charge is 0.230 e. The van der Waals surface area contributed by atoms with E-state index in [-0.39, 0.29) is 5.91 Å². The molecule has 1 heterocycles. The number of benzene rings is 2. The van der Waals surface area contributed by atoms with Gasteiger partial charge in [-0.1, -0.05) is 48.5 Å². The van der Waals surface area contributed by atoms with Gasteiger partial charge in [-0.3, -0.25) is 9.78 Å². The second kappa shape index (κ2) is 7.44. The first-order valence-corrected chi connectivity index (χ1v) is 10.8. The third-order valence-electron chi connectivity index (χ3n) is 6.00. The molecular weight excluding hydrogens is 364 g/mol. The van der Waals surface area contributed by atoms with Crippen LogP contribution in [0.2, 0.25) is 0 Å². The van der Waals surface area contributed by atoms with E-state index in [1.165, 1.54) is 22.3 Å². The first-order chi connectivity index (χ1) is 13.8. The monoisotopic (exact) mass is 386 g/mol.